The summed E-state index contributed by atoms with van der Waals surface area (Å²) in [6.45, 7) is 11.4. The van der Waals surface area contributed by atoms with E-state index >= 15 is 0 Å². The maximum Gasteiger partial charge on any atom is 0.410 e. The van der Waals surface area contributed by atoms with Crippen LogP contribution in [0.25, 0.3) is 0 Å². The van der Waals surface area contributed by atoms with Crippen LogP contribution in [0.4, 0.5) is 4.79 Å². The van der Waals surface area contributed by atoms with Gasteiger partial charge in [-0.2, -0.15) is 5.10 Å². The topological polar surface area (TPSA) is 50.6 Å². The van der Waals surface area contributed by atoms with Gasteiger partial charge in [0.15, 0.2) is 0 Å². The SMILES string of the molecule is CCCn1ccc(CN(C2CCC2)C2CCCN(C(=O)OC(C)(C)C)C2)n1. The van der Waals surface area contributed by atoms with Crippen LogP contribution in [0, 0.1) is 0 Å². The van der Waals surface area contributed by atoms with Gasteiger partial charge in [-0.1, -0.05) is 13.3 Å². The van der Waals surface area contributed by atoms with Gasteiger partial charge in [-0.3, -0.25) is 9.58 Å². The highest BCUT2D eigenvalue weighted by atomic mass is 16.6. The lowest BCUT2D eigenvalue weighted by Gasteiger charge is -2.45. The Kier molecular flexibility index (Phi) is 6.45. The summed E-state index contributed by atoms with van der Waals surface area (Å²) in [5.41, 5.74) is 0.703. The lowest BCUT2D eigenvalue weighted by atomic mass is 9.88. The van der Waals surface area contributed by atoms with Crippen LogP contribution in [0.5, 0.6) is 0 Å². The van der Waals surface area contributed by atoms with Crippen LogP contribution in [-0.2, 0) is 17.8 Å². The number of aromatic nitrogens is 2. The van der Waals surface area contributed by atoms with Gasteiger partial charge in [-0.25, -0.2) is 4.79 Å². The number of hydrogen-bond donors (Lipinski definition) is 0. The molecule has 0 spiro atoms. The first-order valence-corrected chi connectivity index (χ1v) is 10.6. The van der Waals surface area contributed by atoms with Gasteiger partial charge in [0.2, 0.25) is 0 Å². The first-order valence-electron chi connectivity index (χ1n) is 10.6. The molecule has 1 amide bonds. The van der Waals surface area contributed by atoms with E-state index in [0.717, 1.165) is 51.1 Å². The van der Waals surface area contributed by atoms with Crippen molar-refractivity contribution in [3.8, 4) is 0 Å². The maximum absolute atomic E-state index is 12.5. The number of ether oxygens (including phenoxy) is 1. The van der Waals surface area contributed by atoms with Crippen LogP contribution >= 0.6 is 0 Å². The number of piperidine rings is 1. The van der Waals surface area contributed by atoms with E-state index in [9.17, 15) is 4.79 Å². The van der Waals surface area contributed by atoms with Gasteiger partial charge < -0.3 is 9.64 Å². The Morgan fingerprint density at radius 2 is 2.00 bits per heavy atom. The largest absolute Gasteiger partial charge is 0.444 e. The Labute approximate surface area is 163 Å². The van der Waals surface area contributed by atoms with E-state index in [4.69, 9.17) is 9.84 Å². The Morgan fingerprint density at radius 1 is 1.26 bits per heavy atom. The molecule has 2 fully saturated rings. The van der Waals surface area contributed by atoms with E-state index in [1.54, 1.807) is 0 Å². The van der Waals surface area contributed by atoms with Crippen LogP contribution in [0.15, 0.2) is 12.3 Å². The van der Waals surface area contributed by atoms with Crippen molar-refractivity contribution in [1.29, 1.82) is 0 Å². The number of nitrogens with zero attached hydrogens (tertiary/aromatic N) is 4. The van der Waals surface area contributed by atoms with Gasteiger partial charge in [0, 0.05) is 44.5 Å². The van der Waals surface area contributed by atoms with E-state index in [1.165, 1.54) is 19.3 Å². The molecule has 1 aliphatic heterocycles. The third-order valence-electron chi connectivity index (χ3n) is 5.55. The molecular formula is C21H36N4O2. The molecule has 2 aliphatic rings. The summed E-state index contributed by atoms with van der Waals surface area (Å²) in [6, 6.07) is 3.17. The van der Waals surface area contributed by atoms with Crippen molar-refractivity contribution in [3.63, 3.8) is 0 Å². The lowest BCUT2D eigenvalue weighted by Crippen LogP contribution is -2.54. The summed E-state index contributed by atoms with van der Waals surface area (Å²) < 4.78 is 7.65. The van der Waals surface area contributed by atoms with Gasteiger partial charge >= 0.3 is 6.09 Å². The second-order valence-electron chi connectivity index (χ2n) is 9.05. The predicted molar refractivity (Wildman–Crippen MR) is 107 cm³/mol. The van der Waals surface area contributed by atoms with Gasteiger partial charge in [0.05, 0.1) is 5.69 Å². The second-order valence-corrected chi connectivity index (χ2v) is 9.05. The monoisotopic (exact) mass is 376 g/mol. The molecule has 6 nitrogen and oxygen atoms in total. The number of rotatable bonds is 6. The van der Waals surface area contributed by atoms with Crippen LogP contribution < -0.4 is 0 Å². The molecule has 1 saturated heterocycles. The number of aryl methyl sites for hydroxylation is 1. The van der Waals surface area contributed by atoms with Crippen LogP contribution in [-0.4, -0.2) is 56.4 Å². The van der Waals surface area contributed by atoms with E-state index < -0.39 is 5.60 Å². The van der Waals surface area contributed by atoms with Gasteiger partial charge in [-0.15, -0.1) is 0 Å². The van der Waals surface area contributed by atoms with Crippen molar-refractivity contribution in [2.45, 2.75) is 97.0 Å². The smallest absolute Gasteiger partial charge is 0.410 e. The molecule has 0 radical (unpaired) electrons. The Balaban J connectivity index is 1.65. The molecule has 1 saturated carbocycles. The van der Waals surface area contributed by atoms with Crippen molar-refractivity contribution in [3.05, 3.63) is 18.0 Å². The fourth-order valence-electron chi connectivity index (χ4n) is 4.02. The summed E-state index contributed by atoms with van der Waals surface area (Å²) in [5.74, 6) is 0. The van der Waals surface area contributed by atoms with E-state index in [-0.39, 0.29) is 6.09 Å². The number of hydrogen-bond acceptors (Lipinski definition) is 4. The molecule has 1 unspecified atom stereocenters. The van der Waals surface area contributed by atoms with Crippen molar-refractivity contribution >= 4 is 6.09 Å². The molecule has 0 N–H and O–H groups in total. The average Bonchev–Trinajstić information content (AvgIpc) is 2.99. The summed E-state index contributed by atoms with van der Waals surface area (Å²) in [5, 5.41) is 4.75. The highest BCUT2D eigenvalue weighted by Crippen LogP contribution is 2.31. The Bertz CT molecular complexity index is 618. The molecule has 152 valence electrons. The lowest BCUT2D eigenvalue weighted by molar-refractivity contribution is -0.00403. The van der Waals surface area contributed by atoms with Gasteiger partial charge in [0.1, 0.15) is 5.60 Å². The zero-order chi connectivity index (χ0) is 19.4. The molecule has 0 aromatic carbocycles. The minimum absolute atomic E-state index is 0.173. The van der Waals surface area contributed by atoms with Crippen molar-refractivity contribution in [2.75, 3.05) is 13.1 Å². The molecule has 1 aromatic heterocycles. The maximum atomic E-state index is 12.5. The standard InChI is InChI=1S/C21H36N4O2/c1-5-12-24-14-11-17(22-24)15-25(18-8-6-9-18)19-10-7-13-23(16-19)20(26)27-21(2,3)4/h11,14,18-19H,5-10,12-13,15-16H2,1-4H3. The van der Waals surface area contributed by atoms with Crippen LogP contribution in [0.1, 0.15) is 71.9 Å². The van der Waals surface area contributed by atoms with Gasteiger partial charge in [0.25, 0.3) is 0 Å². The molecule has 1 atom stereocenters. The quantitative estimate of drug-likeness (QED) is 0.752. The molecule has 1 aromatic rings. The third kappa shape index (κ3) is 5.47. The summed E-state index contributed by atoms with van der Waals surface area (Å²) >= 11 is 0. The Morgan fingerprint density at radius 3 is 2.63 bits per heavy atom. The second kappa shape index (κ2) is 8.63. The minimum Gasteiger partial charge on any atom is -0.444 e. The highest BCUT2D eigenvalue weighted by molar-refractivity contribution is 5.68. The molecule has 6 heteroatoms. The fraction of sp³-hybridized carbons (Fsp3) is 0.810. The number of carbonyl (C=O) groups is 1. The average molecular weight is 377 g/mol. The number of carbonyl (C=O) groups excluding carboxylic acids is 1. The van der Waals surface area contributed by atoms with E-state index in [0.29, 0.717) is 12.1 Å². The fourth-order valence-corrected chi connectivity index (χ4v) is 4.02. The van der Waals surface area contributed by atoms with E-state index in [2.05, 4.69) is 24.1 Å². The van der Waals surface area contributed by atoms with Crippen molar-refractivity contribution in [1.82, 2.24) is 19.6 Å². The molecule has 1 aliphatic carbocycles. The minimum atomic E-state index is -0.441. The summed E-state index contributed by atoms with van der Waals surface area (Å²) in [4.78, 5) is 17.1. The Hall–Kier alpha value is -1.56. The molecule has 3 rings (SSSR count). The zero-order valence-electron chi connectivity index (χ0n) is 17.5. The number of likely N-dealkylation sites (tertiary alicyclic amines) is 1. The molecule has 27 heavy (non-hydrogen) atoms. The predicted octanol–water partition coefficient (Wildman–Crippen LogP) is 4.05. The van der Waals surface area contributed by atoms with Crippen molar-refractivity contribution < 1.29 is 9.53 Å². The highest BCUT2D eigenvalue weighted by Gasteiger charge is 2.35. The third-order valence-corrected chi connectivity index (χ3v) is 5.55. The first kappa shape index (κ1) is 20.2. The van der Waals surface area contributed by atoms with Gasteiger partial charge in [-0.05, 0) is 58.9 Å². The molecule has 0 bridgehead atoms. The van der Waals surface area contributed by atoms with Crippen molar-refractivity contribution in [2.24, 2.45) is 0 Å². The first-order chi connectivity index (χ1) is 12.9. The summed E-state index contributed by atoms with van der Waals surface area (Å²) in [7, 11) is 0. The molecule has 2 heterocycles. The summed E-state index contributed by atoms with van der Waals surface area (Å²) in [6.07, 6.45) is 9.04. The van der Waals surface area contributed by atoms with Crippen LogP contribution in [0.3, 0.4) is 0 Å². The zero-order valence-corrected chi connectivity index (χ0v) is 17.5. The normalized spacial score (nSPS) is 21.4. The molecular weight excluding hydrogens is 340 g/mol. The van der Waals surface area contributed by atoms with E-state index in [1.807, 2.05) is 30.4 Å². The number of amides is 1. The van der Waals surface area contributed by atoms with Crippen LogP contribution in [0.2, 0.25) is 0 Å².